The zero-order chi connectivity index (χ0) is 51.6. The third-order valence-corrected chi connectivity index (χ3v) is 11.8. The molecule has 2 fully saturated rings. The number of aliphatic hydroxyl groups excluding tert-OH is 7. The maximum atomic E-state index is 13.0. The van der Waals surface area contributed by atoms with Gasteiger partial charge in [-0.15, -0.1) is 0 Å². The molecule has 2 heterocycles. The van der Waals surface area contributed by atoms with Gasteiger partial charge in [0.1, 0.15) is 54.9 Å². The van der Waals surface area contributed by atoms with Gasteiger partial charge in [-0.1, -0.05) is 155 Å². The van der Waals surface area contributed by atoms with Crippen LogP contribution in [0, 0.1) is 0 Å². The molecule has 0 amide bonds. The van der Waals surface area contributed by atoms with Gasteiger partial charge in [0.25, 0.3) is 0 Å². The van der Waals surface area contributed by atoms with Crippen molar-refractivity contribution < 1.29 is 69.0 Å². The first-order valence-electron chi connectivity index (χ1n) is 26.5. The van der Waals surface area contributed by atoms with Crippen LogP contribution in [0.1, 0.15) is 142 Å². The Kier molecular flexibility index (Phi) is 38.7. The molecule has 7 N–H and O–H groups in total. The fraction of sp³-hybridized carbons (Fsp3) is 0.667. The Hall–Kier alpha value is -3.35. The summed E-state index contributed by atoms with van der Waals surface area (Å²) in [6.45, 7) is 3.33. The quantitative estimate of drug-likeness (QED) is 0.0175. The molecular weight excluding hydrogens is 909 g/mol. The lowest BCUT2D eigenvalue weighted by Crippen LogP contribution is -2.61. The van der Waals surface area contributed by atoms with Crippen LogP contribution in [-0.4, -0.2) is 142 Å². The van der Waals surface area contributed by atoms with E-state index in [2.05, 4.69) is 117 Å². The molecule has 11 atom stereocenters. The van der Waals surface area contributed by atoms with Gasteiger partial charge in [0.05, 0.1) is 26.4 Å². The summed E-state index contributed by atoms with van der Waals surface area (Å²) in [4.78, 5) is 13.0. The number of carbonyl (C=O) groups excluding carboxylic acids is 1. The molecule has 0 aliphatic carbocycles. The van der Waals surface area contributed by atoms with Crippen LogP contribution < -0.4 is 0 Å². The van der Waals surface area contributed by atoms with Gasteiger partial charge in [-0.3, -0.25) is 4.79 Å². The molecule has 2 rings (SSSR count). The SMILES string of the molecule is CC/C=C\C/C=C\C/C=C\C/C=C\C/C=C\CCCC(=O)OC(COCCCCCCCCC/C=C\C/C=C\C/C=C\C/C=C\CC)COC1OC(COC2OC(CO)C(O)C(O)C2O)C(O)C(O)C1O. The highest BCUT2D eigenvalue weighted by Gasteiger charge is 2.47. The Morgan fingerprint density at radius 1 is 0.465 bits per heavy atom. The summed E-state index contributed by atoms with van der Waals surface area (Å²) in [5, 5.41) is 72.2. The van der Waals surface area contributed by atoms with Gasteiger partial charge in [0.2, 0.25) is 0 Å². The molecule has 0 aromatic rings. The number of rotatable bonds is 40. The third-order valence-electron chi connectivity index (χ3n) is 11.8. The summed E-state index contributed by atoms with van der Waals surface area (Å²) in [7, 11) is 0. The van der Waals surface area contributed by atoms with Crippen LogP contribution in [-0.2, 0) is 33.2 Å². The molecular formula is C57H92O14. The second kappa shape index (κ2) is 43.1. The molecule has 2 aliphatic heterocycles. The molecule has 2 aliphatic rings. The molecule has 404 valence electrons. The summed E-state index contributed by atoms with van der Waals surface area (Å²) < 4.78 is 34.2. The highest BCUT2D eigenvalue weighted by molar-refractivity contribution is 5.69. The Bertz CT molecular complexity index is 1580. The smallest absolute Gasteiger partial charge is 0.306 e. The van der Waals surface area contributed by atoms with Crippen molar-refractivity contribution in [1.29, 1.82) is 0 Å². The average Bonchev–Trinajstić information content (AvgIpc) is 3.37. The molecule has 2 saturated heterocycles. The molecule has 71 heavy (non-hydrogen) atoms. The minimum absolute atomic E-state index is 0.0233. The predicted molar refractivity (Wildman–Crippen MR) is 279 cm³/mol. The number of hydrogen-bond donors (Lipinski definition) is 7. The summed E-state index contributed by atoms with van der Waals surface area (Å²) in [6, 6.07) is 0. The van der Waals surface area contributed by atoms with E-state index >= 15 is 0 Å². The molecule has 0 radical (unpaired) electrons. The van der Waals surface area contributed by atoms with Crippen LogP contribution in [0.4, 0.5) is 0 Å². The minimum Gasteiger partial charge on any atom is -0.457 e. The van der Waals surface area contributed by atoms with Crippen molar-refractivity contribution in [2.24, 2.45) is 0 Å². The number of carbonyl (C=O) groups is 1. The second-order valence-corrected chi connectivity index (χ2v) is 17.9. The van der Waals surface area contributed by atoms with Crippen molar-refractivity contribution in [2.45, 2.75) is 210 Å². The van der Waals surface area contributed by atoms with E-state index in [1.54, 1.807) is 0 Å². The Labute approximate surface area is 425 Å². The van der Waals surface area contributed by atoms with Crippen molar-refractivity contribution in [3.8, 4) is 0 Å². The average molecular weight is 1000 g/mol. The Morgan fingerprint density at radius 3 is 1.37 bits per heavy atom. The fourth-order valence-corrected chi connectivity index (χ4v) is 7.55. The van der Waals surface area contributed by atoms with E-state index in [1.807, 2.05) is 6.08 Å². The van der Waals surface area contributed by atoms with Gasteiger partial charge in [0, 0.05) is 13.0 Å². The fourth-order valence-electron chi connectivity index (χ4n) is 7.55. The van der Waals surface area contributed by atoms with E-state index in [0.717, 1.165) is 89.9 Å². The molecule has 14 heteroatoms. The van der Waals surface area contributed by atoms with Gasteiger partial charge < -0.3 is 64.2 Å². The lowest BCUT2D eigenvalue weighted by atomic mass is 9.98. The van der Waals surface area contributed by atoms with E-state index in [0.29, 0.717) is 19.4 Å². The standard InChI is InChI=1S/C57H92O14/c1-3-5-7-9-11-13-15-17-19-21-22-23-25-27-29-31-33-35-37-39-41-66-43-46(69-49(59)40-38-36-34-32-30-28-26-24-20-18-16-14-12-10-8-6-4-2)44-67-56-55(65)53(63)51(61)48(71-56)45-68-57-54(64)52(62)50(60)47(42-58)70-57/h5-8,11-14,17-20,22-23,26,28,32,34,46-48,50-58,60-65H,3-4,9-10,15-16,21,24-25,27,29-31,33,35-45H2,1-2H3/b7-5-,8-6-,13-11-,14-12-,19-17-,20-18-,23-22-,28-26-,34-32-. The van der Waals surface area contributed by atoms with Crippen molar-refractivity contribution in [3.05, 3.63) is 109 Å². The van der Waals surface area contributed by atoms with Crippen LogP contribution in [0.25, 0.3) is 0 Å². The lowest BCUT2D eigenvalue weighted by molar-refractivity contribution is -0.332. The summed E-state index contributed by atoms with van der Waals surface area (Å²) >= 11 is 0. The van der Waals surface area contributed by atoms with Crippen molar-refractivity contribution in [1.82, 2.24) is 0 Å². The number of esters is 1. The van der Waals surface area contributed by atoms with Crippen molar-refractivity contribution in [3.63, 3.8) is 0 Å². The van der Waals surface area contributed by atoms with E-state index in [9.17, 15) is 40.5 Å². The topological polar surface area (TPSA) is 214 Å². The Morgan fingerprint density at radius 2 is 0.873 bits per heavy atom. The van der Waals surface area contributed by atoms with Crippen molar-refractivity contribution >= 4 is 5.97 Å². The van der Waals surface area contributed by atoms with Gasteiger partial charge in [-0.2, -0.15) is 0 Å². The first-order valence-corrected chi connectivity index (χ1v) is 26.5. The zero-order valence-electron chi connectivity index (χ0n) is 42.9. The molecule has 0 bridgehead atoms. The molecule has 0 aromatic carbocycles. The zero-order valence-corrected chi connectivity index (χ0v) is 42.9. The molecule has 0 aromatic heterocycles. The van der Waals surface area contributed by atoms with Crippen molar-refractivity contribution in [2.75, 3.05) is 33.0 Å². The van der Waals surface area contributed by atoms with Gasteiger partial charge in [-0.05, 0) is 89.9 Å². The first kappa shape index (κ1) is 63.8. The molecule has 0 spiro atoms. The second-order valence-electron chi connectivity index (χ2n) is 17.9. The highest BCUT2D eigenvalue weighted by atomic mass is 16.7. The summed E-state index contributed by atoms with van der Waals surface area (Å²) in [6.07, 6.45) is 41.5. The van der Waals surface area contributed by atoms with E-state index in [-0.39, 0.29) is 19.6 Å². The summed E-state index contributed by atoms with van der Waals surface area (Å²) in [5.74, 6) is -0.442. The number of ether oxygens (including phenoxy) is 6. The first-order chi connectivity index (χ1) is 34.6. The molecule has 14 nitrogen and oxygen atoms in total. The monoisotopic (exact) mass is 1000 g/mol. The van der Waals surface area contributed by atoms with Gasteiger partial charge in [-0.25, -0.2) is 0 Å². The molecule has 0 saturated carbocycles. The van der Waals surface area contributed by atoms with Crippen LogP contribution in [0.5, 0.6) is 0 Å². The Balaban J connectivity index is 1.79. The van der Waals surface area contributed by atoms with Crippen LogP contribution in [0.3, 0.4) is 0 Å². The minimum atomic E-state index is -1.73. The lowest BCUT2D eigenvalue weighted by Gasteiger charge is -2.42. The predicted octanol–water partition coefficient (Wildman–Crippen LogP) is 8.40. The maximum Gasteiger partial charge on any atom is 0.306 e. The normalized spacial score (nSPS) is 26.2. The van der Waals surface area contributed by atoms with E-state index < -0.39 is 86.7 Å². The van der Waals surface area contributed by atoms with Crippen LogP contribution in [0.15, 0.2) is 109 Å². The number of allylic oxidation sites excluding steroid dienone is 18. The largest absolute Gasteiger partial charge is 0.457 e. The number of hydrogen-bond acceptors (Lipinski definition) is 14. The van der Waals surface area contributed by atoms with Gasteiger partial charge >= 0.3 is 5.97 Å². The third kappa shape index (κ3) is 30.4. The number of unbranched alkanes of at least 4 members (excludes halogenated alkanes) is 8. The molecule has 11 unspecified atom stereocenters. The van der Waals surface area contributed by atoms with Crippen LogP contribution in [0.2, 0.25) is 0 Å². The highest BCUT2D eigenvalue weighted by Crippen LogP contribution is 2.26. The number of aliphatic hydroxyl groups is 7. The van der Waals surface area contributed by atoms with E-state index in [1.165, 1.54) is 19.3 Å². The van der Waals surface area contributed by atoms with Crippen LogP contribution >= 0.6 is 0 Å². The van der Waals surface area contributed by atoms with E-state index in [4.69, 9.17) is 28.4 Å². The maximum absolute atomic E-state index is 13.0. The van der Waals surface area contributed by atoms with Gasteiger partial charge in [0.15, 0.2) is 12.6 Å². The summed E-state index contributed by atoms with van der Waals surface area (Å²) in [5.41, 5.74) is 0.